The Balaban J connectivity index is 1.74. The van der Waals surface area contributed by atoms with Crippen LogP contribution >= 0.6 is 23.1 Å². The molecule has 2 N–H and O–H groups in total. The Kier molecular flexibility index (Phi) is 3.84. The molecule has 6 heteroatoms. The lowest BCUT2D eigenvalue weighted by atomic mass is 10.2. The normalized spacial score (nSPS) is 19.5. The summed E-state index contributed by atoms with van der Waals surface area (Å²) in [5, 5.41) is 7.26. The molecule has 0 spiro atoms. The average molecular weight is 256 g/mol. The highest BCUT2D eigenvalue weighted by molar-refractivity contribution is 8.01. The van der Waals surface area contributed by atoms with E-state index in [4.69, 9.17) is 0 Å². The van der Waals surface area contributed by atoms with Crippen molar-refractivity contribution in [2.45, 2.75) is 18.2 Å². The molecule has 0 radical (unpaired) electrons. The van der Waals surface area contributed by atoms with E-state index in [0.717, 1.165) is 4.88 Å². The smallest absolute Gasteiger partial charge is 0.234 e. The SMILES string of the molecule is O=C(CC1SCNC1=O)NCc1cccs1. The second kappa shape index (κ2) is 5.36. The van der Waals surface area contributed by atoms with Crippen molar-refractivity contribution >= 4 is 34.9 Å². The number of carbonyl (C=O) groups is 2. The topological polar surface area (TPSA) is 58.2 Å². The summed E-state index contributed by atoms with van der Waals surface area (Å²) in [6.45, 7) is 0.551. The number of amides is 2. The minimum absolute atomic E-state index is 0.0312. The third-order valence-electron chi connectivity index (χ3n) is 2.23. The predicted molar refractivity (Wildman–Crippen MR) is 65.2 cm³/mol. The van der Waals surface area contributed by atoms with Crippen LogP contribution < -0.4 is 10.6 Å². The fourth-order valence-corrected chi connectivity index (χ4v) is 2.97. The van der Waals surface area contributed by atoms with Gasteiger partial charge in [0.2, 0.25) is 11.8 Å². The van der Waals surface area contributed by atoms with Crippen molar-refractivity contribution in [3.63, 3.8) is 0 Å². The lowest BCUT2D eigenvalue weighted by molar-refractivity contribution is -0.125. The number of hydrogen-bond acceptors (Lipinski definition) is 4. The lowest BCUT2D eigenvalue weighted by Gasteiger charge is -2.06. The first kappa shape index (κ1) is 11.5. The van der Waals surface area contributed by atoms with E-state index in [2.05, 4.69) is 10.6 Å². The molecule has 1 aromatic heterocycles. The molecule has 2 heterocycles. The molecule has 16 heavy (non-hydrogen) atoms. The molecule has 1 saturated heterocycles. The number of nitrogens with one attached hydrogen (secondary N) is 2. The minimum atomic E-state index is -0.219. The zero-order valence-electron chi connectivity index (χ0n) is 8.56. The Bertz CT molecular complexity index is 378. The predicted octanol–water partition coefficient (Wildman–Crippen LogP) is 0.943. The van der Waals surface area contributed by atoms with Crippen molar-refractivity contribution < 1.29 is 9.59 Å². The Labute approximate surface area is 102 Å². The molecule has 0 saturated carbocycles. The molecular weight excluding hydrogens is 244 g/mol. The maximum atomic E-state index is 11.5. The van der Waals surface area contributed by atoms with Crippen LogP contribution in [0.2, 0.25) is 0 Å². The van der Waals surface area contributed by atoms with Crippen molar-refractivity contribution in [1.82, 2.24) is 10.6 Å². The highest BCUT2D eigenvalue weighted by atomic mass is 32.2. The largest absolute Gasteiger partial charge is 0.351 e. The fraction of sp³-hybridized carbons (Fsp3) is 0.400. The van der Waals surface area contributed by atoms with E-state index in [0.29, 0.717) is 12.4 Å². The highest BCUT2D eigenvalue weighted by Gasteiger charge is 2.26. The maximum absolute atomic E-state index is 11.5. The fourth-order valence-electron chi connectivity index (χ4n) is 1.39. The molecule has 4 nitrogen and oxygen atoms in total. The van der Waals surface area contributed by atoms with Gasteiger partial charge >= 0.3 is 0 Å². The molecule has 2 rings (SSSR count). The zero-order valence-corrected chi connectivity index (χ0v) is 10.2. The van der Waals surface area contributed by atoms with Crippen LogP contribution in [0.1, 0.15) is 11.3 Å². The quantitative estimate of drug-likeness (QED) is 0.843. The lowest BCUT2D eigenvalue weighted by Crippen LogP contribution is -2.30. The van der Waals surface area contributed by atoms with E-state index in [1.165, 1.54) is 11.8 Å². The second-order valence-corrected chi connectivity index (χ2v) is 5.62. The number of rotatable bonds is 4. The Morgan fingerprint density at radius 2 is 2.50 bits per heavy atom. The van der Waals surface area contributed by atoms with Gasteiger partial charge in [-0.25, -0.2) is 0 Å². The monoisotopic (exact) mass is 256 g/mol. The number of thioether (sulfide) groups is 1. The number of carbonyl (C=O) groups excluding carboxylic acids is 2. The first-order valence-electron chi connectivity index (χ1n) is 4.94. The van der Waals surface area contributed by atoms with Crippen LogP contribution in [-0.4, -0.2) is 22.9 Å². The van der Waals surface area contributed by atoms with Crippen LogP contribution in [0.15, 0.2) is 17.5 Å². The van der Waals surface area contributed by atoms with Gasteiger partial charge in [0.1, 0.15) is 0 Å². The van der Waals surface area contributed by atoms with Crippen LogP contribution in [0, 0.1) is 0 Å². The highest BCUT2D eigenvalue weighted by Crippen LogP contribution is 2.19. The molecule has 0 aliphatic carbocycles. The van der Waals surface area contributed by atoms with Gasteiger partial charge in [0.05, 0.1) is 17.7 Å². The van der Waals surface area contributed by atoms with Crippen molar-refractivity contribution in [3.05, 3.63) is 22.4 Å². The maximum Gasteiger partial charge on any atom is 0.234 e. The van der Waals surface area contributed by atoms with E-state index >= 15 is 0 Å². The summed E-state index contributed by atoms with van der Waals surface area (Å²) < 4.78 is 0. The van der Waals surface area contributed by atoms with E-state index < -0.39 is 0 Å². The average Bonchev–Trinajstić information content (AvgIpc) is 2.88. The van der Waals surface area contributed by atoms with Crippen LogP contribution in [0.3, 0.4) is 0 Å². The Morgan fingerprint density at radius 1 is 1.62 bits per heavy atom. The first-order chi connectivity index (χ1) is 7.75. The van der Waals surface area contributed by atoms with Crippen molar-refractivity contribution in [3.8, 4) is 0 Å². The number of hydrogen-bond donors (Lipinski definition) is 2. The molecule has 1 aliphatic heterocycles. The summed E-state index contributed by atoms with van der Waals surface area (Å²) >= 11 is 3.09. The van der Waals surface area contributed by atoms with Crippen molar-refractivity contribution in [1.29, 1.82) is 0 Å². The van der Waals surface area contributed by atoms with E-state index in [-0.39, 0.29) is 23.5 Å². The summed E-state index contributed by atoms with van der Waals surface area (Å²) in [6.07, 6.45) is 0.266. The van der Waals surface area contributed by atoms with E-state index in [1.807, 2.05) is 17.5 Å². The molecule has 2 amide bonds. The molecule has 1 unspecified atom stereocenters. The van der Waals surface area contributed by atoms with Gasteiger partial charge in [-0.15, -0.1) is 23.1 Å². The molecule has 0 bridgehead atoms. The van der Waals surface area contributed by atoms with Gasteiger partial charge in [-0.2, -0.15) is 0 Å². The van der Waals surface area contributed by atoms with Gasteiger partial charge in [-0.3, -0.25) is 9.59 Å². The van der Waals surface area contributed by atoms with Gasteiger partial charge in [0, 0.05) is 11.3 Å². The molecule has 1 aromatic rings. The summed E-state index contributed by atoms with van der Waals surface area (Å²) in [5.74, 6) is 0.515. The van der Waals surface area contributed by atoms with Gasteiger partial charge in [0.25, 0.3) is 0 Å². The third-order valence-corrected chi connectivity index (χ3v) is 4.20. The molecular formula is C10H12N2O2S2. The van der Waals surface area contributed by atoms with Gasteiger partial charge < -0.3 is 10.6 Å². The molecule has 1 fully saturated rings. The standard InChI is InChI=1S/C10H12N2O2S2/c13-9(4-8-10(14)12-6-16-8)11-5-7-2-1-3-15-7/h1-3,8H,4-6H2,(H,11,13)(H,12,14). The summed E-state index contributed by atoms with van der Waals surface area (Å²) in [6, 6.07) is 3.92. The Hall–Kier alpha value is -1.01. The number of thiophene rings is 1. The first-order valence-corrected chi connectivity index (χ1v) is 6.87. The molecule has 0 aromatic carbocycles. The van der Waals surface area contributed by atoms with Gasteiger partial charge in [0.15, 0.2) is 0 Å². The molecule has 86 valence electrons. The van der Waals surface area contributed by atoms with Crippen LogP contribution in [-0.2, 0) is 16.1 Å². The summed E-state index contributed by atoms with van der Waals surface area (Å²) in [4.78, 5) is 23.9. The zero-order chi connectivity index (χ0) is 11.4. The van der Waals surface area contributed by atoms with Crippen molar-refractivity contribution in [2.24, 2.45) is 0 Å². The van der Waals surface area contributed by atoms with Crippen molar-refractivity contribution in [2.75, 3.05) is 5.88 Å². The van der Waals surface area contributed by atoms with E-state index in [9.17, 15) is 9.59 Å². The minimum Gasteiger partial charge on any atom is -0.351 e. The van der Waals surface area contributed by atoms with Crippen LogP contribution in [0.4, 0.5) is 0 Å². The van der Waals surface area contributed by atoms with Gasteiger partial charge in [-0.1, -0.05) is 6.07 Å². The molecule has 1 atom stereocenters. The van der Waals surface area contributed by atoms with Crippen LogP contribution in [0.5, 0.6) is 0 Å². The Morgan fingerprint density at radius 3 is 3.12 bits per heavy atom. The van der Waals surface area contributed by atoms with Crippen LogP contribution in [0.25, 0.3) is 0 Å². The molecule has 1 aliphatic rings. The third kappa shape index (κ3) is 2.99. The van der Waals surface area contributed by atoms with E-state index in [1.54, 1.807) is 11.3 Å². The van der Waals surface area contributed by atoms with Gasteiger partial charge in [-0.05, 0) is 11.4 Å². The summed E-state index contributed by atoms with van der Waals surface area (Å²) in [5.41, 5.74) is 0. The summed E-state index contributed by atoms with van der Waals surface area (Å²) in [7, 11) is 0. The second-order valence-electron chi connectivity index (χ2n) is 3.40.